The summed E-state index contributed by atoms with van der Waals surface area (Å²) in [5.41, 5.74) is 0. The summed E-state index contributed by atoms with van der Waals surface area (Å²) in [6, 6.07) is 0. The Balaban J connectivity index is 4.11. The highest BCUT2D eigenvalue weighted by Crippen LogP contribution is 2.16. The Kier molecular flexibility index (Phi) is 58.7. The molecule has 0 bridgehead atoms. The van der Waals surface area contributed by atoms with Gasteiger partial charge in [0.05, 0.1) is 0 Å². The first-order valence-corrected chi connectivity index (χ1v) is 31.4. The Bertz CT molecular complexity index is 1360. The van der Waals surface area contributed by atoms with Gasteiger partial charge in [-0.1, -0.05) is 273 Å². The molecular weight excluding hydrogens is 901 g/mol. The fourth-order valence-electron chi connectivity index (χ4n) is 8.93. The summed E-state index contributed by atoms with van der Waals surface area (Å²) < 4.78 is 16.8. The molecule has 0 saturated carbocycles. The van der Waals surface area contributed by atoms with Gasteiger partial charge in [0, 0.05) is 19.3 Å². The number of carbonyl (C=O) groups is 3. The molecule has 6 heteroatoms. The second kappa shape index (κ2) is 61.4. The van der Waals surface area contributed by atoms with Crippen LogP contribution >= 0.6 is 0 Å². The van der Waals surface area contributed by atoms with Gasteiger partial charge in [0.15, 0.2) is 6.10 Å². The fraction of sp³-hybridized carbons (Fsp3) is 0.776. The lowest BCUT2D eigenvalue weighted by Gasteiger charge is -2.18. The first-order chi connectivity index (χ1) is 36.0. The second-order valence-corrected chi connectivity index (χ2v) is 21.0. The van der Waals surface area contributed by atoms with Gasteiger partial charge in [-0.15, -0.1) is 0 Å². The standard InChI is InChI=1S/C67H118O6/c1-4-7-10-13-16-18-20-22-24-26-28-29-30-31-32-33-34-35-36-37-39-40-42-44-46-48-51-54-57-60-66(69)72-63-64(62-71-65(68)59-56-53-50-15-12-9-6-3)73-67(70)61-58-55-52-49-47-45-43-41-38-27-25-23-21-19-17-14-11-8-5-2/h17,19-20,22-23,25-26,28,30-31,38,41,64H,4-16,18,21,24,27,29,32-37,39-40,42-63H2,1-3H3/b19-17-,22-20-,25-23-,28-26-,31-30-,41-38-. The number of allylic oxidation sites excluding steroid dienone is 12. The molecule has 0 radical (unpaired) electrons. The van der Waals surface area contributed by atoms with E-state index in [4.69, 9.17) is 14.2 Å². The van der Waals surface area contributed by atoms with Crippen molar-refractivity contribution in [3.05, 3.63) is 72.9 Å². The van der Waals surface area contributed by atoms with Crippen molar-refractivity contribution in [2.24, 2.45) is 0 Å². The third-order valence-corrected chi connectivity index (χ3v) is 13.7. The largest absolute Gasteiger partial charge is 0.462 e. The zero-order valence-electron chi connectivity index (χ0n) is 48.4. The van der Waals surface area contributed by atoms with Crippen LogP contribution in [0.1, 0.15) is 316 Å². The minimum absolute atomic E-state index is 0.0789. The highest BCUT2D eigenvalue weighted by atomic mass is 16.6. The number of hydrogen-bond donors (Lipinski definition) is 0. The fourth-order valence-corrected chi connectivity index (χ4v) is 8.93. The maximum Gasteiger partial charge on any atom is 0.306 e. The van der Waals surface area contributed by atoms with Crippen molar-refractivity contribution in [1.29, 1.82) is 0 Å². The second-order valence-electron chi connectivity index (χ2n) is 21.0. The monoisotopic (exact) mass is 1020 g/mol. The number of unbranched alkanes of at least 4 members (excludes halogenated alkanes) is 34. The Morgan fingerprint density at radius 2 is 0.493 bits per heavy atom. The minimum Gasteiger partial charge on any atom is -0.462 e. The van der Waals surface area contributed by atoms with E-state index in [1.165, 1.54) is 180 Å². The number of rotatable bonds is 57. The van der Waals surface area contributed by atoms with Crippen LogP contribution in [0.5, 0.6) is 0 Å². The smallest absolute Gasteiger partial charge is 0.306 e. The van der Waals surface area contributed by atoms with Gasteiger partial charge in [-0.25, -0.2) is 0 Å². The number of esters is 3. The lowest BCUT2D eigenvalue weighted by Crippen LogP contribution is -2.30. The maximum absolute atomic E-state index is 12.8. The molecule has 0 heterocycles. The van der Waals surface area contributed by atoms with Crippen molar-refractivity contribution in [1.82, 2.24) is 0 Å². The average molecular weight is 1020 g/mol. The summed E-state index contributed by atoms with van der Waals surface area (Å²) in [4.78, 5) is 38.0. The van der Waals surface area contributed by atoms with Crippen LogP contribution in [-0.4, -0.2) is 37.2 Å². The molecule has 0 saturated heterocycles. The molecule has 0 aliphatic carbocycles. The number of hydrogen-bond acceptors (Lipinski definition) is 6. The van der Waals surface area contributed by atoms with E-state index in [1.807, 2.05) is 0 Å². The predicted octanol–water partition coefficient (Wildman–Crippen LogP) is 21.3. The van der Waals surface area contributed by atoms with E-state index in [0.29, 0.717) is 19.3 Å². The van der Waals surface area contributed by atoms with E-state index in [9.17, 15) is 14.4 Å². The van der Waals surface area contributed by atoms with E-state index in [2.05, 4.69) is 93.7 Å². The van der Waals surface area contributed by atoms with Crippen LogP contribution < -0.4 is 0 Å². The zero-order valence-corrected chi connectivity index (χ0v) is 48.4. The lowest BCUT2D eigenvalue weighted by molar-refractivity contribution is -0.167. The van der Waals surface area contributed by atoms with E-state index in [0.717, 1.165) is 96.3 Å². The molecule has 73 heavy (non-hydrogen) atoms. The Labute approximate surface area is 453 Å². The minimum atomic E-state index is -0.780. The van der Waals surface area contributed by atoms with Crippen LogP contribution in [0.15, 0.2) is 72.9 Å². The van der Waals surface area contributed by atoms with Crippen molar-refractivity contribution in [2.75, 3.05) is 13.2 Å². The van der Waals surface area contributed by atoms with Crippen molar-refractivity contribution in [3.63, 3.8) is 0 Å². The molecule has 0 aromatic rings. The van der Waals surface area contributed by atoms with Crippen molar-refractivity contribution >= 4 is 17.9 Å². The first-order valence-electron chi connectivity index (χ1n) is 31.4. The molecular formula is C67H118O6. The van der Waals surface area contributed by atoms with E-state index < -0.39 is 6.10 Å². The van der Waals surface area contributed by atoms with Crippen molar-refractivity contribution in [3.8, 4) is 0 Å². The number of ether oxygens (including phenoxy) is 3. The molecule has 1 atom stereocenters. The lowest BCUT2D eigenvalue weighted by atomic mass is 10.0. The molecule has 0 aromatic heterocycles. The normalized spacial score (nSPS) is 12.5. The maximum atomic E-state index is 12.8. The highest BCUT2D eigenvalue weighted by Gasteiger charge is 2.19. The summed E-state index contributed by atoms with van der Waals surface area (Å²) in [5, 5.41) is 0. The van der Waals surface area contributed by atoms with Gasteiger partial charge in [0.25, 0.3) is 0 Å². The van der Waals surface area contributed by atoms with Gasteiger partial charge in [0.2, 0.25) is 0 Å². The summed E-state index contributed by atoms with van der Waals surface area (Å²) in [6.07, 6.45) is 79.3. The summed E-state index contributed by atoms with van der Waals surface area (Å²) in [7, 11) is 0. The summed E-state index contributed by atoms with van der Waals surface area (Å²) in [6.45, 7) is 6.57. The Hall–Kier alpha value is -3.15. The van der Waals surface area contributed by atoms with Crippen LogP contribution in [0.2, 0.25) is 0 Å². The van der Waals surface area contributed by atoms with Crippen LogP contribution in [0.3, 0.4) is 0 Å². The molecule has 422 valence electrons. The molecule has 0 aliphatic rings. The molecule has 1 unspecified atom stereocenters. The summed E-state index contributed by atoms with van der Waals surface area (Å²) in [5.74, 6) is -0.888. The molecule has 0 spiro atoms. The van der Waals surface area contributed by atoms with E-state index >= 15 is 0 Å². The van der Waals surface area contributed by atoms with E-state index in [1.54, 1.807) is 0 Å². The van der Waals surface area contributed by atoms with Crippen LogP contribution in [0.4, 0.5) is 0 Å². The molecule has 0 N–H and O–H groups in total. The highest BCUT2D eigenvalue weighted by molar-refractivity contribution is 5.71. The third kappa shape index (κ3) is 59.6. The zero-order chi connectivity index (χ0) is 52.9. The molecule has 0 rings (SSSR count). The van der Waals surface area contributed by atoms with Crippen LogP contribution in [0.25, 0.3) is 0 Å². The van der Waals surface area contributed by atoms with Gasteiger partial charge in [-0.05, 0) is 96.3 Å². The number of carbonyl (C=O) groups excluding carboxylic acids is 3. The topological polar surface area (TPSA) is 78.9 Å². The molecule has 6 nitrogen and oxygen atoms in total. The quantitative estimate of drug-likeness (QED) is 0.0261. The van der Waals surface area contributed by atoms with Crippen LogP contribution in [-0.2, 0) is 28.6 Å². The van der Waals surface area contributed by atoms with Crippen molar-refractivity contribution < 1.29 is 28.6 Å². The van der Waals surface area contributed by atoms with E-state index in [-0.39, 0.29) is 31.1 Å². The Morgan fingerprint density at radius 1 is 0.274 bits per heavy atom. The SMILES string of the molecule is CCCCC/C=C\C/C=C\C/C=C\CCCCCCCCC(=O)OC(COC(=O)CCCCCCCCC)COC(=O)CCCCCCCCCCCCCCCC/C=C\C/C=C\C/C=C\CCCCCCC. The molecule has 0 aliphatic heterocycles. The summed E-state index contributed by atoms with van der Waals surface area (Å²) >= 11 is 0. The molecule has 0 amide bonds. The molecule has 0 aromatic carbocycles. The van der Waals surface area contributed by atoms with Crippen LogP contribution in [0, 0.1) is 0 Å². The van der Waals surface area contributed by atoms with Gasteiger partial charge in [-0.2, -0.15) is 0 Å². The van der Waals surface area contributed by atoms with Gasteiger partial charge in [-0.3, -0.25) is 14.4 Å². The first kappa shape index (κ1) is 69.8. The predicted molar refractivity (Wildman–Crippen MR) is 316 cm³/mol. The Morgan fingerprint density at radius 3 is 0.795 bits per heavy atom. The molecule has 0 fully saturated rings. The van der Waals surface area contributed by atoms with Gasteiger partial charge < -0.3 is 14.2 Å². The average Bonchev–Trinajstić information content (AvgIpc) is 3.39. The van der Waals surface area contributed by atoms with Gasteiger partial charge >= 0.3 is 17.9 Å². The third-order valence-electron chi connectivity index (χ3n) is 13.7. The van der Waals surface area contributed by atoms with Crippen molar-refractivity contribution in [2.45, 2.75) is 322 Å². The van der Waals surface area contributed by atoms with Gasteiger partial charge in [0.1, 0.15) is 13.2 Å².